The van der Waals surface area contributed by atoms with Crippen molar-refractivity contribution in [3.63, 3.8) is 0 Å². The summed E-state index contributed by atoms with van der Waals surface area (Å²) in [6.07, 6.45) is 0. The molecule has 0 spiro atoms. The van der Waals surface area contributed by atoms with Crippen molar-refractivity contribution in [1.29, 1.82) is 0 Å². The first kappa shape index (κ1) is 14.2. The lowest BCUT2D eigenvalue weighted by Gasteiger charge is -2.07. The number of rotatable bonds is 4. The fourth-order valence-electron chi connectivity index (χ4n) is 1.53. The summed E-state index contributed by atoms with van der Waals surface area (Å²) < 4.78 is 18.6. The van der Waals surface area contributed by atoms with E-state index in [1.165, 1.54) is 12.1 Å². The van der Waals surface area contributed by atoms with E-state index in [2.05, 4.69) is 0 Å². The molecule has 0 saturated heterocycles. The smallest absolute Gasteiger partial charge is 0.314 e. The maximum Gasteiger partial charge on any atom is 0.314 e. The Morgan fingerprint density at radius 1 is 1.30 bits per heavy atom. The predicted molar refractivity (Wildman–Crippen MR) is 70.5 cm³/mol. The van der Waals surface area contributed by atoms with Crippen LogP contribution in [0.5, 0.6) is 11.5 Å². The first-order chi connectivity index (χ1) is 9.51. The normalized spacial score (nSPS) is 10.3. The van der Waals surface area contributed by atoms with E-state index < -0.39 is 16.4 Å². The van der Waals surface area contributed by atoms with E-state index in [1.54, 1.807) is 12.1 Å². The minimum absolute atomic E-state index is 0.122. The molecule has 0 atom stereocenters. The number of halogens is 2. The largest absolute Gasteiger partial charge is 0.450 e. The van der Waals surface area contributed by atoms with Crippen LogP contribution in [0.2, 0.25) is 5.02 Å². The molecule has 0 bridgehead atoms. The summed E-state index contributed by atoms with van der Waals surface area (Å²) in [6.45, 7) is -0.122. The number of nitro benzene ring substituents is 1. The summed E-state index contributed by atoms with van der Waals surface area (Å²) in [7, 11) is 0. The molecule has 0 unspecified atom stereocenters. The summed E-state index contributed by atoms with van der Waals surface area (Å²) in [5, 5.41) is 19.5. The van der Waals surface area contributed by atoms with Crippen molar-refractivity contribution >= 4 is 17.3 Å². The van der Waals surface area contributed by atoms with Gasteiger partial charge in [-0.05, 0) is 17.7 Å². The van der Waals surface area contributed by atoms with Crippen molar-refractivity contribution in [1.82, 2.24) is 0 Å². The van der Waals surface area contributed by atoms with Crippen LogP contribution >= 0.6 is 11.6 Å². The Morgan fingerprint density at radius 3 is 2.50 bits per heavy atom. The third kappa shape index (κ3) is 3.04. The number of hydrogen-bond donors (Lipinski definition) is 1. The van der Waals surface area contributed by atoms with Gasteiger partial charge in [0.1, 0.15) is 11.6 Å². The van der Waals surface area contributed by atoms with Gasteiger partial charge in [-0.1, -0.05) is 23.7 Å². The summed E-state index contributed by atoms with van der Waals surface area (Å²) in [5.41, 5.74) is 0.155. The number of aliphatic hydroxyl groups is 1. The van der Waals surface area contributed by atoms with Gasteiger partial charge >= 0.3 is 5.69 Å². The highest BCUT2D eigenvalue weighted by atomic mass is 35.5. The molecule has 1 N–H and O–H groups in total. The van der Waals surface area contributed by atoms with Gasteiger partial charge in [0.05, 0.1) is 22.6 Å². The zero-order valence-electron chi connectivity index (χ0n) is 10.0. The fraction of sp³-hybridized carbons (Fsp3) is 0.0769. The Morgan fingerprint density at radius 2 is 1.95 bits per heavy atom. The van der Waals surface area contributed by atoms with Gasteiger partial charge in [0, 0.05) is 6.07 Å². The number of nitro groups is 1. The first-order valence-electron chi connectivity index (χ1n) is 5.52. The highest BCUT2D eigenvalue weighted by Crippen LogP contribution is 2.35. The molecule has 7 heteroatoms. The van der Waals surface area contributed by atoms with E-state index in [-0.39, 0.29) is 17.4 Å². The van der Waals surface area contributed by atoms with Crippen LogP contribution in [0.15, 0.2) is 36.4 Å². The molecule has 0 fully saturated rings. The fourth-order valence-corrected chi connectivity index (χ4v) is 1.69. The SMILES string of the molecule is O=[N+]([O-])c1cc(F)c(Cl)cc1Oc1ccc(CO)cc1. The molecule has 0 aromatic heterocycles. The Balaban J connectivity index is 2.36. The zero-order valence-corrected chi connectivity index (χ0v) is 10.8. The quantitative estimate of drug-likeness (QED) is 0.690. The van der Waals surface area contributed by atoms with Crippen molar-refractivity contribution in [2.24, 2.45) is 0 Å². The molecular formula is C13H9ClFNO4. The lowest BCUT2D eigenvalue weighted by atomic mass is 10.2. The van der Waals surface area contributed by atoms with E-state index in [4.69, 9.17) is 21.4 Å². The maximum absolute atomic E-state index is 13.2. The number of aliphatic hydroxyl groups excluding tert-OH is 1. The average Bonchev–Trinajstić information content (AvgIpc) is 2.43. The van der Waals surface area contributed by atoms with Gasteiger partial charge in [0.25, 0.3) is 0 Å². The predicted octanol–water partition coefficient (Wildman–Crippen LogP) is 3.67. The summed E-state index contributed by atoms with van der Waals surface area (Å²) >= 11 is 5.59. The Hall–Kier alpha value is -2.18. The van der Waals surface area contributed by atoms with E-state index in [0.717, 1.165) is 6.07 Å². The minimum atomic E-state index is -0.888. The van der Waals surface area contributed by atoms with Gasteiger partial charge in [0.15, 0.2) is 0 Å². The van der Waals surface area contributed by atoms with Crippen LogP contribution in [0.3, 0.4) is 0 Å². The van der Waals surface area contributed by atoms with Crippen LogP contribution in [0.1, 0.15) is 5.56 Å². The number of hydrogen-bond acceptors (Lipinski definition) is 4. The second-order valence-corrected chi connectivity index (χ2v) is 4.30. The van der Waals surface area contributed by atoms with Crippen LogP contribution in [0.25, 0.3) is 0 Å². The van der Waals surface area contributed by atoms with Crippen LogP contribution in [0.4, 0.5) is 10.1 Å². The van der Waals surface area contributed by atoms with Crippen LogP contribution in [-0.2, 0) is 6.61 Å². The van der Waals surface area contributed by atoms with E-state index in [9.17, 15) is 14.5 Å². The molecule has 2 rings (SSSR count). The summed E-state index contributed by atoms with van der Waals surface area (Å²) in [6, 6.07) is 8.03. The Bertz CT molecular complexity index is 646. The molecule has 0 radical (unpaired) electrons. The summed E-state index contributed by atoms with van der Waals surface area (Å²) in [5.74, 6) is -0.729. The van der Waals surface area contributed by atoms with Gasteiger partial charge in [-0.25, -0.2) is 4.39 Å². The molecule has 0 aliphatic rings. The molecule has 0 amide bonds. The topological polar surface area (TPSA) is 72.6 Å². The monoisotopic (exact) mass is 297 g/mol. The standard InChI is InChI=1S/C13H9ClFNO4/c14-10-5-13(12(16(18)19)6-11(10)15)20-9-3-1-8(7-17)2-4-9/h1-6,17H,7H2. The second-order valence-electron chi connectivity index (χ2n) is 3.90. The zero-order chi connectivity index (χ0) is 14.7. The maximum atomic E-state index is 13.2. The van der Waals surface area contributed by atoms with Gasteiger partial charge in [-0.15, -0.1) is 0 Å². The molecule has 20 heavy (non-hydrogen) atoms. The first-order valence-corrected chi connectivity index (χ1v) is 5.90. The molecule has 0 aliphatic heterocycles. The molecule has 2 aromatic rings. The van der Waals surface area contributed by atoms with E-state index >= 15 is 0 Å². The summed E-state index contributed by atoms with van der Waals surface area (Å²) in [4.78, 5) is 10.1. The molecule has 0 heterocycles. The van der Waals surface area contributed by atoms with E-state index in [0.29, 0.717) is 17.4 Å². The lowest BCUT2D eigenvalue weighted by molar-refractivity contribution is -0.385. The average molecular weight is 298 g/mol. The lowest BCUT2D eigenvalue weighted by Crippen LogP contribution is -1.95. The van der Waals surface area contributed by atoms with Gasteiger partial charge in [-0.3, -0.25) is 10.1 Å². The minimum Gasteiger partial charge on any atom is -0.450 e. The molecule has 0 saturated carbocycles. The molecule has 104 valence electrons. The van der Waals surface area contributed by atoms with Gasteiger partial charge < -0.3 is 9.84 Å². The molecule has 0 aliphatic carbocycles. The highest BCUT2D eigenvalue weighted by Gasteiger charge is 2.19. The number of benzene rings is 2. The number of nitrogens with zero attached hydrogens (tertiary/aromatic N) is 1. The third-order valence-corrected chi connectivity index (χ3v) is 2.82. The van der Waals surface area contributed by atoms with Crippen molar-refractivity contribution in [2.75, 3.05) is 0 Å². The second kappa shape index (κ2) is 5.85. The van der Waals surface area contributed by atoms with Crippen molar-refractivity contribution in [3.05, 3.63) is 62.9 Å². The molecular weight excluding hydrogens is 289 g/mol. The van der Waals surface area contributed by atoms with Crippen LogP contribution < -0.4 is 4.74 Å². The van der Waals surface area contributed by atoms with Crippen molar-refractivity contribution in [2.45, 2.75) is 6.61 Å². The highest BCUT2D eigenvalue weighted by molar-refractivity contribution is 6.31. The third-order valence-electron chi connectivity index (χ3n) is 2.53. The van der Waals surface area contributed by atoms with E-state index in [1.807, 2.05) is 0 Å². The molecule has 2 aromatic carbocycles. The number of ether oxygens (including phenoxy) is 1. The molecule has 5 nitrogen and oxygen atoms in total. The van der Waals surface area contributed by atoms with Gasteiger partial charge in [0.2, 0.25) is 5.75 Å². The van der Waals surface area contributed by atoms with Crippen LogP contribution in [-0.4, -0.2) is 10.0 Å². The Kier molecular flexibility index (Phi) is 4.16. The van der Waals surface area contributed by atoms with Gasteiger partial charge in [-0.2, -0.15) is 0 Å². The Labute approximate surface area is 118 Å². The van der Waals surface area contributed by atoms with Crippen molar-refractivity contribution < 1.29 is 19.2 Å². The van der Waals surface area contributed by atoms with Crippen LogP contribution in [0, 0.1) is 15.9 Å². The van der Waals surface area contributed by atoms with Crippen molar-refractivity contribution in [3.8, 4) is 11.5 Å².